The topological polar surface area (TPSA) is 64.6 Å². The number of hydrogen-bond acceptors (Lipinski definition) is 4. The fraction of sp³-hybridized carbons (Fsp3) is 0.400. The molecule has 1 aliphatic heterocycles. The van der Waals surface area contributed by atoms with Crippen LogP contribution in [-0.2, 0) is 22.2 Å². The minimum absolute atomic E-state index is 0.00391. The summed E-state index contributed by atoms with van der Waals surface area (Å²) in [5, 5.41) is 0. The highest BCUT2D eigenvalue weighted by molar-refractivity contribution is 7.88. The van der Waals surface area contributed by atoms with E-state index in [1.807, 2.05) is 43.3 Å². The molecule has 1 unspecified atom stereocenters. The van der Waals surface area contributed by atoms with Gasteiger partial charge in [0.2, 0.25) is 10.0 Å². The molecule has 26 heavy (non-hydrogen) atoms. The van der Waals surface area contributed by atoms with Gasteiger partial charge >= 0.3 is 0 Å². The van der Waals surface area contributed by atoms with Gasteiger partial charge in [0.15, 0.2) is 11.5 Å². The first kappa shape index (κ1) is 17.4. The Morgan fingerprint density at radius 2 is 1.85 bits per heavy atom. The van der Waals surface area contributed by atoms with E-state index in [0.29, 0.717) is 19.0 Å². The Labute approximate surface area is 154 Å². The highest BCUT2D eigenvalue weighted by atomic mass is 32.2. The third-order valence-corrected chi connectivity index (χ3v) is 6.38. The van der Waals surface area contributed by atoms with Crippen LogP contribution in [-0.4, -0.2) is 21.6 Å². The van der Waals surface area contributed by atoms with Crippen LogP contribution < -0.4 is 14.2 Å². The molecule has 0 fully saturated rings. The lowest BCUT2D eigenvalue weighted by Crippen LogP contribution is -2.32. The van der Waals surface area contributed by atoms with Gasteiger partial charge in [-0.2, -0.15) is 0 Å². The predicted molar refractivity (Wildman–Crippen MR) is 100 cm³/mol. The van der Waals surface area contributed by atoms with Crippen LogP contribution in [0, 0.1) is 6.92 Å². The van der Waals surface area contributed by atoms with Crippen LogP contribution in [0.4, 0.5) is 0 Å². The number of rotatable bonds is 4. The zero-order valence-electron chi connectivity index (χ0n) is 14.8. The second kappa shape index (κ2) is 6.93. The molecule has 1 heterocycles. The largest absolute Gasteiger partial charge is 0.486 e. The molecular weight excluding hydrogens is 350 g/mol. The Balaban J connectivity index is 1.59. The molecule has 0 saturated heterocycles. The molecule has 0 saturated carbocycles. The molecule has 138 valence electrons. The fourth-order valence-corrected chi connectivity index (χ4v) is 5.19. The summed E-state index contributed by atoms with van der Waals surface area (Å²) in [5.74, 6) is 1.47. The van der Waals surface area contributed by atoms with Gasteiger partial charge in [-0.3, -0.25) is 0 Å². The van der Waals surface area contributed by atoms with Gasteiger partial charge in [0.05, 0.1) is 5.75 Å². The van der Waals surface area contributed by atoms with Crippen molar-refractivity contribution in [1.29, 1.82) is 0 Å². The van der Waals surface area contributed by atoms with Crippen molar-refractivity contribution in [3.05, 3.63) is 58.7 Å². The molecule has 0 radical (unpaired) electrons. The first-order valence-corrected chi connectivity index (χ1v) is 10.6. The molecule has 1 N–H and O–H groups in total. The molecule has 2 aliphatic rings. The third-order valence-electron chi connectivity index (χ3n) is 5.05. The van der Waals surface area contributed by atoms with E-state index in [1.54, 1.807) is 0 Å². The second-order valence-corrected chi connectivity index (χ2v) is 8.70. The highest BCUT2D eigenvalue weighted by Crippen LogP contribution is 2.39. The summed E-state index contributed by atoms with van der Waals surface area (Å²) in [6, 6.07) is 11.3. The minimum atomic E-state index is -3.44. The molecule has 5 nitrogen and oxygen atoms in total. The molecule has 0 amide bonds. The lowest BCUT2D eigenvalue weighted by molar-refractivity contribution is 0.171. The molecule has 0 spiro atoms. The maximum Gasteiger partial charge on any atom is 0.216 e. The summed E-state index contributed by atoms with van der Waals surface area (Å²) in [6.07, 6.45) is 2.67. The summed E-state index contributed by atoms with van der Waals surface area (Å²) in [4.78, 5) is 0. The summed E-state index contributed by atoms with van der Waals surface area (Å²) in [6.45, 7) is 3.01. The average Bonchev–Trinajstić information content (AvgIpc) is 2.62. The Morgan fingerprint density at radius 3 is 2.62 bits per heavy atom. The van der Waals surface area contributed by atoms with E-state index in [9.17, 15) is 8.42 Å². The van der Waals surface area contributed by atoms with Crippen LogP contribution in [0.15, 0.2) is 36.4 Å². The van der Waals surface area contributed by atoms with Crippen LogP contribution >= 0.6 is 0 Å². The SMILES string of the molecule is Cc1ccccc1CS(=O)(=O)NC1CCCc2cc3c(cc21)OCCO3. The number of fused-ring (bicyclic) bond motifs is 2. The molecular formula is C20H23NO4S. The van der Waals surface area contributed by atoms with Crippen molar-refractivity contribution in [3.8, 4) is 11.5 Å². The van der Waals surface area contributed by atoms with Crippen molar-refractivity contribution in [2.45, 2.75) is 38.0 Å². The summed E-state index contributed by atoms with van der Waals surface area (Å²) < 4.78 is 39.7. The van der Waals surface area contributed by atoms with Gasteiger partial charge in [-0.1, -0.05) is 24.3 Å². The van der Waals surface area contributed by atoms with Crippen molar-refractivity contribution in [2.75, 3.05) is 13.2 Å². The molecule has 2 aromatic carbocycles. The molecule has 1 aliphatic carbocycles. The Morgan fingerprint density at radius 1 is 1.12 bits per heavy atom. The maximum atomic E-state index is 12.8. The highest BCUT2D eigenvalue weighted by Gasteiger charge is 2.27. The van der Waals surface area contributed by atoms with E-state index in [4.69, 9.17) is 9.47 Å². The minimum Gasteiger partial charge on any atom is -0.486 e. The number of benzene rings is 2. The van der Waals surface area contributed by atoms with Gasteiger partial charge < -0.3 is 9.47 Å². The summed E-state index contributed by atoms with van der Waals surface area (Å²) in [7, 11) is -3.44. The van der Waals surface area contributed by atoms with Gasteiger partial charge in [-0.05, 0) is 60.6 Å². The number of aryl methyl sites for hydroxylation is 2. The Kier molecular flexibility index (Phi) is 4.63. The van der Waals surface area contributed by atoms with E-state index in [-0.39, 0.29) is 11.8 Å². The first-order valence-electron chi connectivity index (χ1n) is 8.99. The molecule has 4 rings (SSSR count). The third kappa shape index (κ3) is 3.57. The summed E-state index contributed by atoms with van der Waals surface area (Å²) in [5.41, 5.74) is 3.97. The zero-order chi connectivity index (χ0) is 18.1. The van der Waals surface area contributed by atoms with Gasteiger partial charge in [0.1, 0.15) is 13.2 Å². The van der Waals surface area contributed by atoms with E-state index in [2.05, 4.69) is 4.72 Å². The monoisotopic (exact) mass is 373 g/mol. The lowest BCUT2D eigenvalue weighted by atomic mass is 9.88. The molecule has 0 aromatic heterocycles. The number of hydrogen-bond donors (Lipinski definition) is 1. The van der Waals surface area contributed by atoms with Crippen molar-refractivity contribution in [3.63, 3.8) is 0 Å². The van der Waals surface area contributed by atoms with Crippen LogP contribution in [0.1, 0.15) is 41.1 Å². The molecule has 2 aromatic rings. The average molecular weight is 373 g/mol. The number of ether oxygens (including phenoxy) is 2. The van der Waals surface area contributed by atoms with E-state index >= 15 is 0 Å². The van der Waals surface area contributed by atoms with Crippen molar-refractivity contribution in [2.24, 2.45) is 0 Å². The van der Waals surface area contributed by atoms with Crippen molar-refractivity contribution < 1.29 is 17.9 Å². The van der Waals surface area contributed by atoms with Gasteiger partial charge in [0.25, 0.3) is 0 Å². The van der Waals surface area contributed by atoms with E-state index in [0.717, 1.165) is 47.3 Å². The molecule has 6 heteroatoms. The standard InChI is InChI=1S/C20H23NO4S/c1-14-5-2-3-6-16(14)13-26(22,23)21-18-8-4-7-15-11-19-20(12-17(15)18)25-10-9-24-19/h2-3,5-6,11-12,18,21H,4,7-10,13H2,1H3. The van der Waals surface area contributed by atoms with E-state index in [1.165, 1.54) is 0 Å². The van der Waals surface area contributed by atoms with Gasteiger partial charge in [0, 0.05) is 6.04 Å². The maximum absolute atomic E-state index is 12.8. The number of sulfonamides is 1. The lowest BCUT2D eigenvalue weighted by Gasteiger charge is -2.29. The predicted octanol–water partition coefficient (Wildman–Crippen LogP) is 3.26. The van der Waals surface area contributed by atoms with Crippen LogP contribution in [0.2, 0.25) is 0 Å². The van der Waals surface area contributed by atoms with E-state index < -0.39 is 10.0 Å². The van der Waals surface area contributed by atoms with Crippen LogP contribution in [0.3, 0.4) is 0 Å². The quantitative estimate of drug-likeness (QED) is 0.893. The van der Waals surface area contributed by atoms with Crippen LogP contribution in [0.25, 0.3) is 0 Å². The zero-order valence-corrected chi connectivity index (χ0v) is 15.6. The van der Waals surface area contributed by atoms with Crippen LogP contribution in [0.5, 0.6) is 11.5 Å². The Hall–Kier alpha value is -2.05. The smallest absolute Gasteiger partial charge is 0.216 e. The fourth-order valence-electron chi connectivity index (χ4n) is 3.70. The van der Waals surface area contributed by atoms with Gasteiger partial charge in [-0.15, -0.1) is 0 Å². The summed E-state index contributed by atoms with van der Waals surface area (Å²) >= 11 is 0. The number of nitrogens with one attached hydrogen (secondary N) is 1. The van der Waals surface area contributed by atoms with Crippen molar-refractivity contribution in [1.82, 2.24) is 4.72 Å². The second-order valence-electron chi connectivity index (χ2n) is 6.94. The molecule has 1 atom stereocenters. The van der Waals surface area contributed by atoms with Gasteiger partial charge in [-0.25, -0.2) is 13.1 Å². The normalized spacial score (nSPS) is 19.0. The van der Waals surface area contributed by atoms with Crippen molar-refractivity contribution >= 4 is 10.0 Å². The first-order chi connectivity index (χ1) is 12.5. The molecule has 0 bridgehead atoms. The Bertz CT molecular complexity index is 923.